The van der Waals surface area contributed by atoms with Crippen LogP contribution in [0.1, 0.15) is 40.9 Å². The first kappa shape index (κ1) is 17.0. The van der Waals surface area contributed by atoms with Gasteiger partial charge in [0.15, 0.2) is 0 Å². The second-order valence-corrected chi connectivity index (χ2v) is 8.64. The molecule has 27 heavy (non-hydrogen) atoms. The molecule has 1 aliphatic heterocycles. The standard InChI is InChI=1S/C18H21N5O3S/c1-10-4-14(26-21-10)5-12-7-22(9-15(12)24)8-13-6-16(25)23-18(19-13)27-17(20-23)11-2-3-11/h4,6,11-12,15,24H,2-3,5,7-9H2,1H3/t12-,15+/m1/s1. The van der Waals surface area contributed by atoms with Gasteiger partial charge in [-0.15, -0.1) is 0 Å². The Labute approximate surface area is 159 Å². The zero-order valence-corrected chi connectivity index (χ0v) is 15.9. The van der Waals surface area contributed by atoms with Gasteiger partial charge in [-0.25, -0.2) is 4.98 Å². The lowest BCUT2D eigenvalue weighted by Crippen LogP contribution is -2.24. The lowest BCUT2D eigenvalue weighted by molar-refractivity contribution is 0.137. The van der Waals surface area contributed by atoms with E-state index in [9.17, 15) is 9.90 Å². The highest BCUT2D eigenvalue weighted by atomic mass is 32.1. The van der Waals surface area contributed by atoms with Gasteiger partial charge in [0.05, 0.1) is 17.5 Å². The van der Waals surface area contributed by atoms with Crippen molar-refractivity contribution in [3.05, 3.63) is 44.6 Å². The van der Waals surface area contributed by atoms with Crippen LogP contribution in [-0.2, 0) is 13.0 Å². The average molecular weight is 387 g/mol. The maximum absolute atomic E-state index is 12.4. The van der Waals surface area contributed by atoms with Crippen molar-refractivity contribution in [3.63, 3.8) is 0 Å². The van der Waals surface area contributed by atoms with Gasteiger partial charge in [-0.1, -0.05) is 16.5 Å². The maximum atomic E-state index is 12.4. The summed E-state index contributed by atoms with van der Waals surface area (Å²) in [7, 11) is 0. The van der Waals surface area contributed by atoms with E-state index in [1.54, 1.807) is 6.07 Å². The minimum absolute atomic E-state index is 0.0899. The van der Waals surface area contributed by atoms with Gasteiger partial charge in [0.2, 0.25) is 4.96 Å². The number of hydrogen-bond donors (Lipinski definition) is 1. The molecule has 2 atom stereocenters. The maximum Gasteiger partial charge on any atom is 0.275 e. The first-order chi connectivity index (χ1) is 13.0. The third kappa shape index (κ3) is 3.42. The first-order valence-corrected chi connectivity index (χ1v) is 10.1. The number of rotatable bonds is 5. The van der Waals surface area contributed by atoms with E-state index in [2.05, 4.69) is 20.1 Å². The highest BCUT2D eigenvalue weighted by molar-refractivity contribution is 7.16. The molecule has 0 bridgehead atoms. The van der Waals surface area contributed by atoms with E-state index in [0.717, 1.165) is 41.5 Å². The van der Waals surface area contributed by atoms with Crippen LogP contribution in [0.5, 0.6) is 0 Å². The molecule has 2 fully saturated rings. The monoisotopic (exact) mass is 387 g/mol. The third-order valence-electron chi connectivity index (χ3n) is 5.25. The molecule has 0 aromatic carbocycles. The summed E-state index contributed by atoms with van der Waals surface area (Å²) in [6, 6.07) is 3.47. The Bertz CT molecular complexity index is 1040. The summed E-state index contributed by atoms with van der Waals surface area (Å²) in [5.74, 6) is 1.40. The molecule has 4 heterocycles. The number of β-amino-alcohol motifs (C(OH)–C–C–N with tert-alkyl or cyclic N) is 1. The van der Waals surface area contributed by atoms with Gasteiger partial charge in [-0.05, 0) is 19.8 Å². The molecule has 142 valence electrons. The largest absolute Gasteiger partial charge is 0.391 e. The van der Waals surface area contributed by atoms with Crippen LogP contribution in [0, 0.1) is 12.8 Å². The molecular formula is C18H21N5O3S. The predicted octanol–water partition coefficient (Wildman–Crippen LogP) is 1.36. The second kappa shape index (κ2) is 6.50. The number of aryl methyl sites for hydroxylation is 1. The zero-order valence-electron chi connectivity index (χ0n) is 15.0. The topological polar surface area (TPSA) is 96.8 Å². The predicted molar refractivity (Wildman–Crippen MR) is 98.8 cm³/mol. The summed E-state index contributed by atoms with van der Waals surface area (Å²) >= 11 is 1.51. The molecule has 0 radical (unpaired) electrons. The van der Waals surface area contributed by atoms with Crippen LogP contribution in [0.4, 0.5) is 0 Å². The fraction of sp³-hybridized carbons (Fsp3) is 0.556. The van der Waals surface area contributed by atoms with Gasteiger partial charge in [0, 0.05) is 50.0 Å². The molecule has 1 saturated carbocycles. The van der Waals surface area contributed by atoms with Crippen LogP contribution in [0.3, 0.4) is 0 Å². The minimum Gasteiger partial charge on any atom is -0.391 e. The summed E-state index contributed by atoms with van der Waals surface area (Å²) in [5, 5.41) is 19.7. The van der Waals surface area contributed by atoms with Gasteiger partial charge in [-0.2, -0.15) is 9.61 Å². The highest BCUT2D eigenvalue weighted by Crippen LogP contribution is 2.41. The molecule has 1 saturated heterocycles. The molecule has 1 N–H and O–H groups in total. The van der Waals surface area contributed by atoms with Crippen LogP contribution in [-0.4, -0.2) is 49.0 Å². The van der Waals surface area contributed by atoms with E-state index in [1.165, 1.54) is 15.9 Å². The number of fused-ring (bicyclic) bond motifs is 1. The summed E-state index contributed by atoms with van der Waals surface area (Å²) in [4.78, 5) is 19.8. The Hall–Kier alpha value is -2.10. The van der Waals surface area contributed by atoms with Crippen LogP contribution >= 0.6 is 11.3 Å². The molecule has 9 heteroatoms. The molecule has 3 aromatic heterocycles. The lowest BCUT2D eigenvalue weighted by atomic mass is 10.0. The van der Waals surface area contributed by atoms with E-state index in [0.29, 0.717) is 30.4 Å². The molecule has 0 unspecified atom stereocenters. The smallest absolute Gasteiger partial charge is 0.275 e. The van der Waals surface area contributed by atoms with Gasteiger partial charge in [0.25, 0.3) is 5.56 Å². The summed E-state index contributed by atoms with van der Waals surface area (Å²) in [5.41, 5.74) is 1.45. The van der Waals surface area contributed by atoms with Crippen LogP contribution in [0.25, 0.3) is 4.96 Å². The van der Waals surface area contributed by atoms with Gasteiger partial charge in [0.1, 0.15) is 10.8 Å². The SMILES string of the molecule is Cc1cc(C[C@@H]2CN(Cc3cc(=O)n4nc(C5CC5)sc4n3)C[C@@H]2O)on1. The number of aromatic nitrogens is 4. The van der Waals surface area contributed by atoms with E-state index in [-0.39, 0.29) is 11.5 Å². The molecule has 3 aromatic rings. The van der Waals surface area contributed by atoms with Crippen molar-refractivity contribution in [2.75, 3.05) is 13.1 Å². The fourth-order valence-corrected chi connectivity index (χ4v) is 4.81. The van der Waals surface area contributed by atoms with E-state index < -0.39 is 6.10 Å². The number of aliphatic hydroxyl groups is 1. The number of likely N-dealkylation sites (tertiary alicyclic amines) is 1. The van der Waals surface area contributed by atoms with E-state index >= 15 is 0 Å². The Morgan fingerprint density at radius 2 is 2.19 bits per heavy atom. The van der Waals surface area contributed by atoms with Crippen molar-refractivity contribution in [1.82, 2.24) is 24.7 Å². The van der Waals surface area contributed by atoms with Crippen molar-refractivity contribution >= 4 is 16.3 Å². The average Bonchev–Trinajstić information content (AvgIpc) is 3.11. The molecule has 1 aliphatic carbocycles. The quantitative estimate of drug-likeness (QED) is 0.706. The molecule has 5 rings (SSSR count). The van der Waals surface area contributed by atoms with Gasteiger partial charge >= 0.3 is 0 Å². The lowest BCUT2D eigenvalue weighted by Gasteiger charge is -2.14. The highest BCUT2D eigenvalue weighted by Gasteiger charge is 2.33. The van der Waals surface area contributed by atoms with Crippen molar-refractivity contribution < 1.29 is 9.63 Å². The molecule has 2 aliphatic rings. The van der Waals surface area contributed by atoms with Crippen LogP contribution in [0.15, 0.2) is 21.5 Å². The number of nitrogens with zero attached hydrogens (tertiary/aromatic N) is 5. The number of aliphatic hydroxyl groups excluding tert-OH is 1. The molecule has 0 amide bonds. The molecular weight excluding hydrogens is 366 g/mol. The fourth-order valence-electron chi connectivity index (χ4n) is 3.72. The summed E-state index contributed by atoms with van der Waals surface area (Å²) < 4.78 is 6.69. The van der Waals surface area contributed by atoms with Crippen molar-refractivity contribution in [1.29, 1.82) is 0 Å². The summed E-state index contributed by atoms with van der Waals surface area (Å²) in [6.07, 6.45) is 2.54. The van der Waals surface area contributed by atoms with Gasteiger partial charge < -0.3 is 9.63 Å². The third-order valence-corrected chi connectivity index (χ3v) is 6.32. The summed E-state index contributed by atoms with van der Waals surface area (Å²) in [6.45, 7) is 3.73. The number of hydrogen-bond acceptors (Lipinski definition) is 8. The first-order valence-electron chi connectivity index (χ1n) is 9.27. The molecule has 0 spiro atoms. The Morgan fingerprint density at radius 3 is 2.93 bits per heavy atom. The minimum atomic E-state index is -0.426. The van der Waals surface area contributed by atoms with Crippen LogP contribution in [0.2, 0.25) is 0 Å². The normalized spacial score (nSPS) is 23.5. The Morgan fingerprint density at radius 1 is 1.33 bits per heavy atom. The van der Waals surface area contributed by atoms with Crippen molar-refractivity contribution in [2.45, 2.75) is 44.8 Å². The van der Waals surface area contributed by atoms with E-state index in [1.807, 2.05) is 13.0 Å². The van der Waals surface area contributed by atoms with Crippen LogP contribution < -0.4 is 5.56 Å². The van der Waals surface area contributed by atoms with E-state index in [4.69, 9.17) is 4.52 Å². The zero-order chi connectivity index (χ0) is 18.5. The Balaban J connectivity index is 1.30. The van der Waals surface area contributed by atoms with Gasteiger partial charge in [-0.3, -0.25) is 9.69 Å². The van der Waals surface area contributed by atoms with Crippen molar-refractivity contribution in [2.24, 2.45) is 5.92 Å². The van der Waals surface area contributed by atoms with Crippen molar-refractivity contribution in [3.8, 4) is 0 Å². The second-order valence-electron chi connectivity index (χ2n) is 7.65. The Kier molecular flexibility index (Phi) is 4.10. The molecule has 8 nitrogen and oxygen atoms in total.